The maximum Gasteiger partial charge on any atom is 0.113 e. The van der Waals surface area contributed by atoms with E-state index in [1.807, 2.05) is 32.0 Å². The summed E-state index contributed by atoms with van der Waals surface area (Å²) in [5, 5.41) is 6.48. The van der Waals surface area contributed by atoms with Crippen LogP contribution < -0.4 is 0 Å². The third-order valence-corrected chi connectivity index (χ3v) is 1.50. The number of pyridine rings is 1. The minimum absolute atomic E-state index is 0.767. The van der Waals surface area contributed by atoms with Crippen molar-refractivity contribution in [1.29, 1.82) is 0 Å². The fourth-order valence-corrected chi connectivity index (χ4v) is 0.892. The zero-order chi connectivity index (χ0) is 10.9. The van der Waals surface area contributed by atoms with Crippen LogP contribution in [0.4, 0.5) is 0 Å². The van der Waals surface area contributed by atoms with Crippen LogP contribution in [0.2, 0.25) is 0 Å². The van der Waals surface area contributed by atoms with Gasteiger partial charge >= 0.3 is 0 Å². The summed E-state index contributed by atoms with van der Waals surface area (Å²) in [6.45, 7) is 4.00. The number of rotatable bonds is 0. The summed E-state index contributed by atoms with van der Waals surface area (Å²) < 4.78 is 0. The Balaban J connectivity index is 0.000000531. The molecule has 0 radical (unpaired) electrons. The smallest absolute Gasteiger partial charge is 0.113 e. The maximum atomic E-state index is 4.07. The molecule has 0 aliphatic heterocycles. The highest BCUT2D eigenvalue weighted by atomic mass is 15.1. The molecule has 0 saturated heterocycles. The number of nitrogens with zero attached hydrogens (tertiary/aromatic N) is 2. The molecule has 0 aliphatic rings. The summed E-state index contributed by atoms with van der Waals surface area (Å²) in [7, 11) is 0. The van der Waals surface area contributed by atoms with Crippen LogP contribution in [0, 0.1) is 11.8 Å². The summed E-state index contributed by atoms with van der Waals surface area (Å²) in [5.74, 6) is 5.86. The van der Waals surface area contributed by atoms with Gasteiger partial charge in [-0.25, -0.2) is 4.98 Å². The molecular weight excluding hydrogens is 186 g/mol. The van der Waals surface area contributed by atoms with Crippen LogP contribution in [0.3, 0.4) is 0 Å². The molecule has 2 aromatic heterocycles. The second-order valence-electron chi connectivity index (χ2n) is 2.45. The molecule has 0 bridgehead atoms. The van der Waals surface area contributed by atoms with E-state index >= 15 is 0 Å². The number of hydrogen-bond donors (Lipinski definition) is 1. The Morgan fingerprint density at radius 1 is 1.20 bits per heavy atom. The first-order valence-corrected chi connectivity index (χ1v) is 4.87. The van der Waals surface area contributed by atoms with Crippen LogP contribution in [0.5, 0.6) is 0 Å². The normalized spacial score (nSPS) is 8.13. The highest BCUT2D eigenvalue weighted by Gasteiger charge is 1.86. The Bertz CT molecular complexity index is 421. The van der Waals surface area contributed by atoms with Crippen molar-refractivity contribution in [2.24, 2.45) is 0 Å². The van der Waals surface area contributed by atoms with Gasteiger partial charge in [-0.15, -0.1) is 0 Å². The molecule has 2 rings (SSSR count). The summed E-state index contributed by atoms with van der Waals surface area (Å²) in [6.07, 6.45) is 5.14. The van der Waals surface area contributed by atoms with Crippen LogP contribution in [0.1, 0.15) is 25.1 Å². The van der Waals surface area contributed by atoms with Crippen LogP contribution in [-0.4, -0.2) is 15.2 Å². The molecule has 1 N–H and O–H groups in total. The zero-order valence-electron chi connectivity index (χ0n) is 8.86. The molecule has 0 fully saturated rings. The second kappa shape index (κ2) is 6.39. The van der Waals surface area contributed by atoms with Crippen molar-refractivity contribution >= 4 is 0 Å². The Morgan fingerprint density at radius 3 is 2.67 bits per heavy atom. The lowest BCUT2D eigenvalue weighted by Crippen LogP contribution is -1.78. The van der Waals surface area contributed by atoms with Crippen LogP contribution in [0.15, 0.2) is 36.8 Å². The van der Waals surface area contributed by atoms with Gasteiger partial charge in [0.2, 0.25) is 0 Å². The van der Waals surface area contributed by atoms with E-state index in [2.05, 4.69) is 27.0 Å². The topological polar surface area (TPSA) is 41.6 Å². The van der Waals surface area contributed by atoms with Gasteiger partial charge in [0.05, 0.1) is 11.8 Å². The van der Waals surface area contributed by atoms with Crippen molar-refractivity contribution in [2.45, 2.75) is 13.8 Å². The Hall–Kier alpha value is -2.08. The van der Waals surface area contributed by atoms with Crippen molar-refractivity contribution < 1.29 is 0 Å². The Morgan fingerprint density at radius 2 is 2.07 bits per heavy atom. The number of aromatic amines is 1. The molecule has 2 heterocycles. The van der Waals surface area contributed by atoms with E-state index in [9.17, 15) is 0 Å². The predicted octanol–water partition coefficient (Wildman–Crippen LogP) is 2.23. The van der Waals surface area contributed by atoms with Crippen molar-refractivity contribution in [2.75, 3.05) is 0 Å². The molecule has 3 nitrogen and oxygen atoms in total. The first kappa shape index (κ1) is 11.0. The van der Waals surface area contributed by atoms with Gasteiger partial charge < -0.3 is 0 Å². The van der Waals surface area contributed by atoms with Crippen LogP contribution >= 0.6 is 0 Å². The van der Waals surface area contributed by atoms with Crippen LogP contribution in [-0.2, 0) is 0 Å². The predicted molar refractivity (Wildman–Crippen MR) is 60.2 cm³/mol. The first-order chi connectivity index (χ1) is 7.45. The summed E-state index contributed by atoms with van der Waals surface area (Å²) in [6, 6.07) is 5.64. The van der Waals surface area contributed by atoms with Crippen molar-refractivity contribution in [3.8, 4) is 11.8 Å². The van der Waals surface area contributed by atoms with E-state index in [4.69, 9.17) is 0 Å². The van der Waals surface area contributed by atoms with Crippen molar-refractivity contribution in [3.05, 3.63) is 48.0 Å². The van der Waals surface area contributed by atoms with Gasteiger partial charge in [0.25, 0.3) is 0 Å². The molecule has 0 aliphatic carbocycles. The largest absolute Gasteiger partial charge is 0.284 e. The summed E-state index contributed by atoms with van der Waals surface area (Å²) >= 11 is 0. The first-order valence-electron chi connectivity index (χ1n) is 4.87. The Labute approximate surface area is 89.6 Å². The molecule has 0 atom stereocenters. The van der Waals surface area contributed by atoms with Gasteiger partial charge in [-0.2, -0.15) is 5.10 Å². The number of nitrogens with one attached hydrogen (secondary N) is 1. The van der Waals surface area contributed by atoms with E-state index in [0.29, 0.717) is 0 Å². The zero-order valence-corrected chi connectivity index (χ0v) is 8.86. The maximum absolute atomic E-state index is 4.07. The van der Waals surface area contributed by atoms with Gasteiger partial charge in [-0.05, 0) is 18.1 Å². The van der Waals surface area contributed by atoms with E-state index < -0.39 is 0 Å². The van der Waals surface area contributed by atoms with Crippen molar-refractivity contribution in [1.82, 2.24) is 15.2 Å². The van der Waals surface area contributed by atoms with E-state index in [1.54, 1.807) is 18.6 Å². The highest BCUT2D eigenvalue weighted by molar-refractivity contribution is 5.37. The molecule has 0 unspecified atom stereocenters. The third-order valence-electron chi connectivity index (χ3n) is 1.50. The molecule has 0 amide bonds. The van der Waals surface area contributed by atoms with E-state index in [-0.39, 0.29) is 0 Å². The Kier molecular flexibility index (Phi) is 4.68. The lowest BCUT2D eigenvalue weighted by Gasteiger charge is -1.84. The van der Waals surface area contributed by atoms with E-state index in [0.717, 1.165) is 11.3 Å². The highest BCUT2D eigenvalue weighted by Crippen LogP contribution is 1.92. The lowest BCUT2D eigenvalue weighted by atomic mass is 10.3. The van der Waals surface area contributed by atoms with Gasteiger partial charge in [0.1, 0.15) is 5.69 Å². The molecule has 0 saturated carbocycles. The van der Waals surface area contributed by atoms with Crippen molar-refractivity contribution in [3.63, 3.8) is 0 Å². The number of H-pyrrole nitrogens is 1. The number of hydrogen-bond acceptors (Lipinski definition) is 2. The quantitative estimate of drug-likeness (QED) is 0.661. The molecule has 0 aromatic carbocycles. The fraction of sp³-hybridized carbons (Fsp3) is 0.167. The van der Waals surface area contributed by atoms with Crippen LogP contribution in [0.25, 0.3) is 0 Å². The molecule has 76 valence electrons. The molecule has 0 spiro atoms. The average Bonchev–Trinajstić information content (AvgIpc) is 2.83. The van der Waals surface area contributed by atoms with Gasteiger partial charge in [-0.3, -0.25) is 5.10 Å². The van der Waals surface area contributed by atoms with Gasteiger partial charge in [0, 0.05) is 12.4 Å². The fourth-order valence-electron chi connectivity index (χ4n) is 0.892. The minimum atomic E-state index is 0.767. The van der Waals surface area contributed by atoms with E-state index in [1.165, 1.54) is 0 Å². The second-order valence-corrected chi connectivity index (χ2v) is 2.45. The lowest BCUT2D eigenvalue weighted by molar-refractivity contribution is 1.09. The SMILES string of the molecule is C(#Cc1ccccn1)c1cn[nH]c1.CC. The minimum Gasteiger partial charge on any atom is -0.284 e. The monoisotopic (exact) mass is 199 g/mol. The third kappa shape index (κ3) is 3.65. The van der Waals surface area contributed by atoms with Gasteiger partial charge in [0.15, 0.2) is 0 Å². The molecular formula is C12H13N3. The average molecular weight is 199 g/mol. The standard InChI is InChI=1S/C10H7N3.C2H6/c1-2-6-11-10(3-1)5-4-9-7-12-13-8-9;1-2/h1-3,6-8H,(H,12,13);1-2H3. The summed E-state index contributed by atoms with van der Waals surface area (Å²) in [5.41, 5.74) is 1.63. The molecule has 2 aromatic rings. The number of aromatic nitrogens is 3. The molecule has 3 heteroatoms. The van der Waals surface area contributed by atoms with Gasteiger partial charge in [-0.1, -0.05) is 25.8 Å². The molecule has 15 heavy (non-hydrogen) atoms. The summed E-state index contributed by atoms with van der Waals surface area (Å²) in [4.78, 5) is 4.07.